The van der Waals surface area contributed by atoms with E-state index in [1.54, 1.807) is 12.1 Å². The number of hydrogen-bond acceptors (Lipinski definition) is 4. The summed E-state index contributed by atoms with van der Waals surface area (Å²) in [6, 6.07) is 7.75. The van der Waals surface area contributed by atoms with E-state index in [-0.39, 0.29) is 0 Å². The van der Waals surface area contributed by atoms with Crippen molar-refractivity contribution in [2.75, 3.05) is 26.4 Å². The molecule has 1 aromatic carbocycles. The fourth-order valence-corrected chi connectivity index (χ4v) is 3.31. The minimum Gasteiger partial charge on any atom is -0.491 e. The van der Waals surface area contributed by atoms with Gasteiger partial charge in [0.25, 0.3) is 0 Å². The van der Waals surface area contributed by atoms with E-state index < -0.39 is 6.10 Å². The zero-order valence-corrected chi connectivity index (χ0v) is 15.5. The molecule has 0 spiro atoms. The van der Waals surface area contributed by atoms with Crippen LogP contribution in [0.4, 0.5) is 0 Å². The van der Waals surface area contributed by atoms with Gasteiger partial charge in [-0.1, -0.05) is 38.3 Å². The lowest BCUT2D eigenvalue weighted by Crippen LogP contribution is -2.44. The Morgan fingerprint density at radius 2 is 1.96 bits per heavy atom. The maximum Gasteiger partial charge on any atom is 0.119 e. The normalized spacial score (nSPS) is 25.4. The first-order valence-corrected chi connectivity index (χ1v) is 9.31. The van der Waals surface area contributed by atoms with Crippen molar-refractivity contribution in [3.05, 3.63) is 29.3 Å². The van der Waals surface area contributed by atoms with Crippen LogP contribution >= 0.6 is 11.6 Å². The zero-order chi connectivity index (χ0) is 17.4. The summed E-state index contributed by atoms with van der Waals surface area (Å²) < 4.78 is 11.0. The standard InChI is InChI=1S/C19H30ClNO3/c1-14-4-3-5-19(15(14)2)21-12-17(22)13-23-10-11-24-18-8-6-16(20)7-9-18/h6-9,14-15,17,19,21-22H,3-5,10-13H2,1-2H3/t14-,15-,17+,19+/m1/s1. The molecule has 136 valence electrons. The lowest BCUT2D eigenvalue weighted by Gasteiger charge is -2.35. The summed E-state index contributed by atoms with van der Waals surface area (Å²) in [5, 5.41) is 14.2. The number of rotatable bonds is 9. The first kappa shape index (κ1) is 19.5. The Morgan fingerprint density at radius 1 is 1.21 bits per heavy atom. The van der Waals surface area contributed by atoms with Crippen LogP contribution < -0.4 is 10.1 Å². The first-order valence-electron chi connectivity index (χ1n) is 8.94. The average molecular weight is 356 g/mol. The highest BCUT2D eigenvalue weighted by Gasteiger charge is 2.26. The van der Waals surface area contributed by atoms with E-state index in [1.165, 1.54) is 19.3 Å². The van der Waals surface area contributed by atoms with Gasteiger partial charge < -0.3 is 19.9 Å². The zero-order valence-electron chi connectivity index (χ0n) is 14.7. The van der Waals surface area contributed by atoms with Crippen LogP contribution in [0.2, 0.25) is 5.02 Å². The summed E-state index contributed by atoms with van der Waals surface area (Å²) in [5.74, 6) is 2.19. The fourth-order valence-electron chi connectivity index (χ4n) is 3.19. The third kappa shape index (κ3) is 6.60. The van der Waals surface area contributed by atoms with Crippen LogP contribution in [0, 0.1) is 11.8 Å². The van der Waals surface area contributed by atoms with Crippen molar-refractivity contribution >= 4 is 11.6 Å². The number of aliphatic hydroxyl groups excluding tert-OH is 1. The summed E-state index contributed by atoms with van der Waals surface area (Å²) >= 11 is 5.82. The summed E-state index contributed by atoms with van der Waals surface area (Å²) in [6.07, 6.45) is 3.31. The molecule has 0 aromatic heterocycles. The summed E-state index contributed by atoms with van der Waals surface area (Å²) in [7, 11) is 0. The van der Waals surface area contributed by atoms with Crippen molar-refractivity contribution in [1.82, 2.24) is 5.32 Å². The van der Waals surface area contributed by atoms with Gasteiger partial charge in [0.05, 0.1) is 19.3 Å². The van der Waals surface area contributed by atoms with Crippen LogP contribution in [0.1, 0.15) is 33.1 Å². The van der Waals surface area contributed by atoms with E-state index in [9.17, 15) is 5.11 Å². The number of nitrogens with one attached hydrogen (secondary N) is 1. The second kappa shape index (κ2) is 10.2. The molecule has 1 saturated carbocycles. The van der Waals surface area contributed by atoms with E-state index in [0.717, 1.165) is 11.7 Å². The predicted octanol–water partition coefficient (Wildman–Crippen LogP) is 3.51. The monoisotopic (exact) mass is 355 g/mol. The van der Waals surface area contributed by atoms with Crippen molar-refractivity contribution in [2.24, 2.45) is 11.8 Å². The minimum absolute atomic E-state index is 0.327. The quantitative estimate of drug-likeness (QED) is 0.665. The van der Waals surface area contributed by atoms with Gasteiger partial charge >= 0.3 is 0 Å². The molecular formula is C19H30ClNO3. The fraction of sp³-hybridized carbons (Fsp3) is 0.684. The van der Waals surface area contributed by atoms with E-state index in [1.807, 2.05) is 12.1 Å². The van der Waals surface area contributed by atoms with Crippen molar-refractivity contribution in [3.63, 3.8) is 0 Å². The third-order valence-corrected chi connectivity index (χ3v) is 5.19. The number of hydrogen-bond donors (Lipinski definition) is 2. The second-order valence-corrected chi connectivity index (χ2v) is 7.25. The van der Waals surface area contributed by atoms with Gasteiger partial charge in [0.1, 0.15) is 12.4 Å². The maximum absolute atomic E-state index is 10.0. The Bertz CT molecular complexity index is 468. The van der Waals surface area contributed by atoms with E-state index in [2.05, 4.69) is 19.2 Å². The molecule has 4 atom stereocenters. The molecule has 24 heavy (non-hydrogen) atoms. The molecule has 0 unspecified atom stereocenters. The molecule has 1 fully saturated rings. The van der Waals surface area contributed by atoms with Gasteiger partial charge in [0.2, 0.25) is 0 Å². The Balaban J connectivity index is 1.53. The van der Waals surface area contributed by atoms with Gasteiger partial charge in [-0.15, -0.1) is 0 Å². The molecule has 0 aliphatic heterocycles. The topological polar surface area (TPSA) is 50.7 Å². The Morgan fingerprint density at radius 3 is 2.71 bits per heavy atom. The summed E-state index contributed by atoms with van der Waals surface area (Å²) in [6.45, 7) is 6.44. The van der Waals surface area contributed by atoms with E-state index in [4.69, 9.17) is 21.1 Å². The number of benzene rings is 1. The molecule has 2 N–H and O–H groups in total. The average Bonchev–Trinajstić information content (AvgIpc) is 2.57. The Hall–Kier alpha value is -0.810. The summed E-state index contributed by atoms with van der Waals surface area (Å²) in [5.41, 5.74) is 0. The molecule has 4 nitrogen and oxygen atoms in total. The van der Waals surface area contributed by atoms with Crippen LogP contribution in [0.15, 0.2) is 24.3 Å². The molecule has 0 amide bonds. The van der Waals surface area contributed by atoms with Crippen LogP contribution in [0.25, 0.3) is 0 Å². The van der Waals surface area contributed by atoms with Gasteiger partial charge in [-0.2, -0.15) is 0 Å². The number of aliphatic hydroxyl groups is 1. The SMILES string of the molecule is C[C@@H]1[C@H](C)CCC[C@@H]1NC[C@H](O)COCCOc1ccc(Cl)cc1. The van der Waals surface area contributed by atoms with E-state index >= 15 is 0 Å². The van der Waals surface area contributed by atoms with Crippen LogP contribution in [0.5, 0.6) is 5.75 Å². The highest BCUT2D eigenvalue weighted by Crippen LogP contribution is 2.29. The number of ether oxygens (including phenoxy) is 2. The van der Waals surface area contributed by atoms with Gasteiger partial charge in [-0.05, 0) is 42.5 Å². The third-order valence-electron chi connectivity index (χ3n) is 4.94. The lowest BCUT2D eigenvalue weighted by molar-refractivity contribution is 0.0217. The number of halogens is 1. The molecular weight excluding hydrogens is 326 g/mol. The first-order chi connectivity index (χ1) is 11.6. The van der Waals surface area contributed by atoms with Crippen molar-refractivity contribution in [2.45, 2.75) is 45.3 Å². The van der Waals surface area contributed by atoms with Gasteiger partial charge in [-0.3, -0.25) is 0 Å². The van der Waals surface area contributed by atoms with Gasteiger partial charge in [0, 0.05) is 17.6 Å². The molecule has 0 bridgehead atoms. The second-order valence-electron chi connectivity index (χ2n) is 6.81. The molecule has 2 rings (SSSR count). The smallest absolute Gasteiger partial charge is 0.119 e. The molecule has 5 heteroatoms. The molecule has 1 aromatic rings. The highest BCUT2D eigenvalue weighted by atomic mass is 35.5. The largest absolute Gasteiger partial charge is 0.491 e. The summed E-state index contributed by atoms with van der Waals surface area (Å²) in [4.78, 5) is 0. The highest BCUT2D eigenvalue weighted by molar-refractivity contribution is 6.30. The lowest BCUT2D eigenvalue weighted by atomic mass is 9.78. The van der Waals surface area contributed by atoms with Crippen LogP contribution in [0.3, 0.4) is 0 Å². The molecule has 1 aliphatic carbocycles. The Labute approximate surface area is 150 Å². The van der Waals surface area contributed by atoms with Gasteiger partial charge in [0.15, 0.2) is 0 Å². The van der Waals surface area contributed by atoms with E-state index in [0.29, 0.717) is 43.3 Å². The molecule has 1 aliphatic rings. The Kier molecular flexibility index (Phi) is 8.33. The minimum atomic E-state index is -0.482. The molecule has 0 saturated heterocycles. The predicted molar refractivity (Wildman–Crippen MR) is 97.7 cm³/mol. The van der Waals surface area contributed by atoms with Crippen molar-refractivity contribution in [1.29, 1.82) is 0 Å². The van der Waals surface area contributed by atoms with Gasteiger partial charge in [-0.25, -0.2) is 0 Å². The maximum atomic E-state index is 10.0. The molecule has 0 radical (unpaired) electrons. The van der Waals surface area contributed by atoms with Crippen LogP contribution in [-0.2, 0) is 4.74 Å². The van der Waals surface area contributed by atoms with Crippen LogP contribution in [-0.4, -0.2) is 43.6 Å². The molecule has 0 heterocycles. The van der Waals surface area contributed by atoms with Crippen molar-refractivity contribution < 1.29 is 14.6 Å². The van der Waals surface area contributed by atoms with Crippen molar-refractivity contribution in [3.8, 4) is 5.75 Å².